The Kier molecular flexibility index (Phi) is 4.77. The summed E-state index contributed by atoms with van der Waals surface area (Å²) in [6.07, 6.45) is 0. The van der Waals surface area contributed by atoms with Crippen LogP contribution in [0, 0.1) is 5.82 Å². The second kappa shape index (κ2) is 6.37. The molecular weight excluding hydrogens is 345 g/mol. The molecule has 0 aliphatic heterocycles. The minimum Gasteiger partial charge on any atom is -0.494 e. The smallest absolute Gasteiger partial charge is 0.169 e. The van der Waals surface area contributed by atoms with Crippen LogP contribution in [-0.4, -0.2) is 11.3 Å². The van der Waals surface area contributed by atoms with Crippen LogP contribution in [0.5, 0.6) is 5.75 Å². The zero-order valence-electron chi connectivity index (χ0n) is 10.7. The van der Waals surface area contributed by atoms with Crippen molar-refractivity contribution in [2.45, 2.75) is 10.6 Å². The van der Waals surface area contributed by atoms with Gasteiger partial charge in [-0.1, -0.05) is 12.1 Å². The predicted molar refractivity (Wildman–Crippen MR) is 81.6 cm³/mol. The molecule has 20 heavy (non-hydrogen) atoms. The number of ether oxygens (including phenoxy) is 1. The van der Waals surface area contributed by atoms with Gasteiger partial charge in [0.1, 0.15) is 0 Å². The Bertz CT molecular complexity index is 664. The van der Waals surface area contributed by atoms with Gasteiger partial charge in [-0.3, -0.25) is 4.21 Å². The van der Waals surface area contributed by atoms with E-state index >= 15 is 0 Å². The van der Waals surface area contributed by atoms with Crippen molar-refractivity contribution in [3.05, 3.63) is 52.3 Å². The van der Waals surface area contributed by atoms with Gasteiger partial charge in [0.15, 0.2) is 11.6 Å². The van der Waals surface area contributed by atoms with Gasteiger partial charge < -0.3 is 10.5 Å². The zero-order chi connectivity index (χ0) is 14.7. The maximum atomic E-state index is 14.0. The highest BCUT2D eigenvalue weighted by Gasteiger charge is 2.14. The molecule has 0 bridgehead atoms. The van der Waals surface area contributed by atoms with Crippen molar-refractivity contribution in [3.63, 3.8) is 0 Å². The van der Waals surface area contributed by atoms with Crippen molar-refractivity contribution in [1.82, 2.24) is 0 Å². The lowest BCUT2D eigenvalue weighted by molar-refractivity contribution is 0.385. The molecule has 2 aromatic rings. The van der Waals surface area contributed by atoms with Gasteiger partial charge in [0.2, 0.25) is 0 Å². The van der Waals surface area contributed by atoms with Crippen LogP contribution in [-0.2, 0) is 16.6 Å². The first-order valence-corrected chi connectivity index (χ1v) is 7.89. The molecule has 0 saturated heterocycles. The lowest BCUT2D eigenvalue weighted by Gasteiger charge is -2.09. The van der Waals surface area contributed by atoms with Crippen molar-refractivity contribution < 1.29 is 13.3 Å². The summed E-state index contributed by atoms with van der Waals surface area (Å²) in [4.78, 5) is 0.585. The van der Waals surface area contributed by atoms with Crippen molar-refractivity contribution >= 4 is 32.4 Å². The van der Waals surface area contributed by atoms with Gasteiger partial charge >= 0.3 is 0 Å². The van der Waals surface area contributed by atoms with Crippen LogP contribution in [0.3, 0.4) is 0 Å². The van der Waals surface area contributed by atoms with Gasteiger partial charge in [-0.15, -0.1) is 0 Å². The van der Waals surface area contributed by atoms with Crippen LogP contribution in [0.15, 0.2) is 45.8 Å². The molecule has 1 atom stereocenters. The Balaban J connectivity index is 2.28. The number of anilines is 1. The van der Waals surface area contributed by atoms with Gasteiger partial charge in [-0.05, 0) is 40.2 Å². The minimum atomic E-state index is -1.37. The van der Waals surface area contributed by atoms with E-state index in [1.54, 1.807) is 30.3 Å². The third-order valence-electron chi connectivity index (χ3n) is 2.75. The lowest BCUT2D eigenvalue weighted by atomic mass is 10.2. The zero-order valence-corrected chi connectivity index (χ0v) is 13.1. The number of hydrogen-bond donors (Lipinski definition) is 1. The van der Waals surface area contributed by atoms with Crippen LogP contribution in [0.2, 0.25) is 0 Å². The monoisotopic (exact) mass is 357 g/mol. The molecule has 6 heteroatoms. The fraction of sp³-hybridized carbons (Fsp3) is 0.143. The average Bonchev–Trinajstić information content (AvgIpc) is 2.41. The maximum Gasteiger partial charge on any atom is 0.169 e. The van der Waals surface area contributed by atoms with Crippen molar-refractivity contribution in [3.8, 4) is 5.75 Å². The van der Waals surface area contributed by atoms with Crippen LogP contribution in [0.1, 0.15) is 5.56 Å². The number of rotatable bonds is 4. The van der Waals surface area contributed by atoms with Gasteiger partial charge in [-0.2, -0.15) is 0 Å². The number of halogens is 2. The maximum absolute atomic E-state index is 14.0. The molecule has 1 unspecified atom stereocenters. The Labute approximate surface area is 127 Å². The lowest BCUT2D eigenvalue weighted by Crippen LogP contribution is -2.02. The molecule has 2 N–H and O–H groups in total. The third kappa shape index (κ3) is 3.19. The highest BCUT2D eigenvalue weighted by Crippen LogP contribution is 2.27. The molecule has 0 aliphatic rings. The number of methoxy groups -OCH3 is 1. The van der Waals surface area contributed by atoms with E-state index in [1.807, 2.05) is 0 Å². The molecule has 0 fully saturated rings. The number of nitrogens with two attached hydrogens (primary N) is 1. The summed E-state index contributed by atoms with van der Waals surface area (Å²) >= 11 is 3.32. The first kappa shape index (κ1) is 15.0. The van der Waals surface area contributed by atoms with E-state index in [4.69, 9.17) is 10.5 Å². The molecule has 2 aromatic carbocycles. The third-order valence-corrected chi connectivity index (χ3v) is 5.09. The second-order valence-electron chi connectivity index (χ2n) is 4.11. The Morgan fingerprint density at radius 3 is 2.75 bits per heavy atom. The standard InChI is InChI=1S/C14H13BrFNO2S/c1-19-12-4-2-3-9(14(12)16)8-20(18)13-6-5-10(17)7-11(13)15/h2-7H,8,17H2,1H3. The largest absolute Gasteiger partial charge is 0.494 e. The molecule has 0 aliphatic carbocycles. The molecule has 0 amide bonds. The van der Waals surface area contributed by atoms with Crippen molar-refractivity contribution in [2.24, 2.45) is 0 Å². The first-order chi connectivity index (χ1) is 9.52. The summed E-state index contributed by atoms with van der Waals surface area (Å²) in [5, 5.41) is 0. The SMILES string of the molecule is COc1cccc(CS(=O)c2ccc(N)cc2Br)c1F. The van der Waals surface area contributed by atoms with E-state index < -0.39 is 16.6 Å². The van der Waals surface area contributed by atoms with E-state index in [0.717, 1.165) is 0 Å². The molecule has 0 radical (unpaired) electrons. The van der Waals surface area contributed by atoms with Gasteiger partial charge in [0.25, 0.3) is 0 Å². The van der Waals surface area contributed by atoms with Crippen LogP contribution in [0.25, 0.3) is 0 Å². The Hall–Kier alpha value is -1.40. The first-order valence-electron chi connectivity index (χ1n) is 5.77. The topological polar surface area (TPSA) is 52.3 Å². The Morgan fingerprint density at radius 2 is 2.10 bits per heavy atom. The van der Waals surface area contributed by atoms with E-state index in [-0.39, 0.29) is 11.5 Å². The van der Waals surface area contributed by atoms with Gasteiger partial charge in [-0.25, -0.2) is 4.39 Å². The fourth-order valence-corrected chi connectivity index (χ4v) is 3.84. The van der Waals surface area contributed by atoms with E-state index in [9.17, 15) is 8.60 Å². The van der Waals surface area contributed by atoms with E-state index in [1.165, 1.54) is 13.2 Å². The molecule has 0 heterocycles. The van der Waals surface area contributed by atoms with Crippen LogP contribution >= 0.6 is 15.9 Å². The Morgan fingerprint density at radius 1 is 1.35 bits per heavy atom. The summed E-state index contributed by atoms with van der Waals surface area (Å²) < 4.78 is 31.9. The second-order valence-corrected chi connectivity index (χ2v) is 6.39. The van der Waals surface area contributed by atoms with Crippen molar-refractivity contribution in [1.29, 1.82) is 0 Å². The minimum absolute atomic E-state index is 0.0750. The summed E-state index contributed by atoms with van der Waals surface area (Å²) in [5.74, 6) is -0.253. The number of benzene rings is 2. The highest BCUT2D eigenvalue weighted by molar-refractivity contribution is 9.10. The normalized spacial score (nSPS) is 12.2. The molecule has 0 aromatic heterocycles. The molecular formula is C14H13BrFNO2S. The highest BCUT2D eigenvalue weighted by atomic mass is 79.9. The molecule has 3 nitrogen and oxygen atoms in total. The predicted octanol–water partition coefficient (Wildman–Crippen LogP) is 3.49. The summed E-state index contributed by atoms with van der Waals surface area (Å²) in [7, 11) is 0.0258. The summed E-state index contributed by atoms with van der Waals surface area (Å²) in [6, 6.07) is 9.82. The van der Waals surface area contributed by atoms with Crippen LogP contribution < -0.4 is 10.5 Å². The number of hydrogen-bond acceptors (Lipinski definition) is 3. The number of nitrogen functional groups attached to an aromatic ring is 1. The van der Waals surface area contributed by atoms with Crippen molar-refractivity contribution in [2.75, 3.05) is 12.8 Å². The molecule has 0 saturated carbocycles. The molecule has 2 rings (SSSR count). The van der Waals surface area contributed by atoms with Gasteiger partial charge in [0, 0.05) is 15.7 Å². The van der Waals surface area contributed by atoms with E-state index in [2.05, 4.69) is 15.9 Å². The van der Waals surface area contributed by atoms with Gasteiger partial charge in [0.05, 0.1) is 28.6 Å². The molecule has 106 valence electrons. The summed E-state index contributed by atoms with van der Waals surface area (Å²) in [5.41, 5.74) is 6.56. The quantitative estimate of drug-likeness (QED) is 0.852. The van der Waals surface area contributed by atoms with E-state index in [0.29, 0.717) is 20.6 Å². The average molecular weight is 358 g/mol. The summed E-state index contributed by atoms with van der Waals surface area (Å²) in [6.45, 7) is 0. The fourth-order valence-electron chi connectivity index (χ4n) is 1.75. The van der Waals surface area contributed by atoms with Crippen LogP contribution in [0.4, 0.5) is 10.1 Å². The molecule has 0 spiro atoms.